The molecule has 17 heavy (non-hydrogen) atoms. The summed E-state index contributed by atoms with van der Waals surface area (Å²) in [6.07, 6.45) is 0. The molecule has 1 heterocycles. The van der Waals surface area contributed by atoms with Gasteiger partial charge in [-0.25, -0.2) is 0 Å². The summed E-state index contributed by atoms with van der Waals surface area (Å²) in [6, 6.07) is 1.46. The van der Waals surface area contributed by atoms with Gasteiger partial charge >= 0.3 is 5.97 Å². The number of ether oxygens (including phenoxy) is 1. The fourth-order valence-electron chi connectivity index (χ4n) is 1.25. The zero-order valence-electron chi connectivity index (χ0n) is 9.67. The van der Waals surface area contributed by atoms with Crippen LogP contribution in [0.25, 0.3) is 0 Å². The lowest BCUT2D eigenvalue weighted by Crippen LogP contribution is -2.38. The average Bonchev–Trinajstić information content (AvgIpc) is 2.69. The molecule has 0 unspecified atom stereocenters. The van der Waals surface area contributed by atoms with E-state index in [9.17, 15) is 9.59 Å². The lowest BCUT2D eigenvalue weighted by molar-refractivity contribution is -0.137. The van der Waals surface area contributed by atoms with E-state index in [2.05, 4.69) is 5.16 Å². The number of carboxylic acids is 1. The Labute approximate surface area is 97.9 Å². The number of carboxylic acid groups (broad SMARTS) is 1. The standard InChI is InChI=1S/C10H14N2O5/c1-7-5-8(11-17-7)10(15)12(3-4-16-2)6-9(13)14/h5H,3-4,6H2,1-2H3,(H,13,14). The molecule has 7 nitrogen and oxygen atoms in total. The van der Waals surface area contributed by atoms with Gasteiger partial charge in [0.25, 0.3) is 5.91 Å². The Kier molecular flexibility index (Phi) is 4.65. The Bertz CT molecular complexity index is 401. The van der Waals surface area contributed by atoms with Crippen molar-refractivity contribution in [3.8, 4) is 0 Å². The molecular formula is C10H14N2O5. The lowest BCUT2D eigenvalue weighted by atomic mass is 10.3. The van der Waals surface area contributed by atoms with Gasteiger partial charge in [-0.3, -0.25) is 9.59 Å². The van der Waals surface area contributed by atoms with Crippen LogP contribution < -0.4 is 0 Å². The van der Waals surface area contributed by atoms with Crippen LogP contribution >= 0.6 is 0 Å². The summed E-state index contributed by atoms with van der Waals surface area (Å²) in [5, 5.41) is 12.3. The quantitative estimate of drug-likeness (QED) is 0.763. The van der Waals surface area contributed by atoms with E-state index in [0.717, 1.165) is 4.90 Å². The Morgan fingerprint density at radius 3 is 2.76 bits per heavy atom. The van der Waals surface area contributed by atoms with Gasteiger partial charge in [0, 0.05) is 19.7 Å². The largest absolute Gasteiger partial charge is 0.480 e. The molecule has 1 aromatic heterocycles. The first-order chi connectivity index (χ1) is 8.04. The number of hydrogen-bond donors (Lipinski definition) is 1. The van der Waals surface area contributed by atoms with Crippen molar-refractivity contribution in [1.29, 1.82) is 0 Å². The van der Waals surface area contributed by atoms with Crippen LogP contribution in [0, 0.1) is 6.92 Å². The number of nitrogens with zero attached hydrogens (tertiary/aromatic N) is 2. The summed E-state index contributed by atoms with van der Waals surface area (Å²) in [4.78, 5) is 23.7. The second kappa shape index (κ2) is 6.00. The highest BCUT2D eigenvalue weighted by molar-refractivity contribution is 5.94. The number of rotatable bonds is 6. The van der Waals surface area contributed by atoms with E-state index >= 15 is 0 Å². The summed E-state index contributed by atoms with van der Waals surface area (Å²) in [5.41, 5.74) is 0.0971. The number of aliphatic carboxylic acids is 1. The Morgan fingerprint density at radius 1 is 1.59 bits per heavy atom. The molecule has 0 fully saturated rings. The minimum Gasteiger partial charge on any atom is -0.480 e. The van der Waals surface area contributed by atoms with Crippen molar-refractivity contribution in [3.63, 3.8) is 0 Å². The van der Waals surface area contributed by atoms with Crippen molar-refractivity contribution in [2.24, 2.45) is 0 Å². The number of methoxy groups -OCH3 is 1. The summed E-state index contributed by atoms with van der Waals surface area (Å²) in [6.45, 7) is 1.71. The zero-order chi connectivity index (χ0) is 12.8. The minimum atomic E-state index is -1.09. The predicted molar refractivity (Wildman–Crippen MR) is 56.7 cm³/mol. The van der Waals surface area contributed by atoms with E-state index in [0.29, 0.717) is 5.76 Å². The average molecular weight is 242 g/mol. The van der Waals surface area contributed by atoms with Crippen molar-refractivity contribution < 1.29 is 24.0 Å². The number of carbonyl (C=O) groups is 2. The monoisotopic (exact) mass is 242 g/mol. The normalized spacial score (nSPS) is 10.2. The molecule has 0 spiro atoms. The number of amides is 1. The molecule has 94 valence electrons. The Balaban J connectivity index is 2.74. The molecule has 1 amide bonds. The SMILES string of the molecule is COCCN(CC(=O)O)C(=O)c1cc(C)on1. The van der Waals surface area contributed by atoms with Gasteiger partial charge in [-0.2, -0.15) is 0 Å². The second-order valence-electron chi connectivity index (χ2n) is 3.44. The highest BCUT2D eigenvalue weighted by Crippen LogP contribution is 2.05. The van der Waals surface area contributed by atoms with Crippen LogP contribution in [0.4, 0.5) is 0 Å². The molecule has 0 saturated heterocycles. The third-order valence-electron chi connectivity index (χ3n) is 2.03. The van der Waals surface area contributed by atoms with Crippen LogP contribution in [-0.2, 0) is 9.53 Å². The van der Waals surface area contributed by atoms with Crippen LogP contribution in [-0.4, -0.2) is 53.8 Å². The van der Waals surface area contributed by atoms with E-state index in [-0.39, 0.29) is 18.8 Å². The van der Waals surface area contributed by atoms with Crippen LogP contribution in [0.2, 0.25) is 0 Å². The molecular weight excluding hydrogens is 228 g/mol. The first-order valence-electron chi connectivity index (χ1n) is 4.98. The number of aryl methyl sites for hydroxylation is 1. The van der Waals surface area contributed by atoms with E-state index in [1.807, 2.05) is 0 Å². The fourth-order valence-corrected chi connectivity index (χ4v) is 1.25. The van der Waals surface area contributed by atoms with Crippen LogP contribution in [0.5, 0.6) is 0 Å². The molecule has 0 atom stereocenters. The van der Waals surface area contributed by atoms with E-state index in [4.69, 9.17) is 14.4 Å². The van der Waals surface area contributed by atoms with Gasteiger partial charge in [-0.1, -0.05) is 5.16 Å². The maximum Gasteiger partial charge on any atom is 0.323 e. The van der Waals surface area contributed by atoms with Crippen LogP contribution in [0.1, 0.15) is 16.2 Å². The van der Waals surface area contributed by atoms with Gasteiger partial charge in [-0.15, -0.1) is 0 Å². The minimum absolute atomic E-state index is 0.0971. The molecule has 1 aromatic rings. The van der Waals surface area contributed by atoms with Crippen molar-refractivity contribution in [2.45, 2.75) is 6.92 Å². The number of carbonyl (C=O) groups excluding carboxylic acids is 1. The predicted octanol–water partition coefficient (Wildman–Crippen LogP) is 0.156. The van der Waals surface area contributed by atoms with Gasteiger partial charge in [-0.05, 0) is 6.92 Å². The molecule has 0 aromatic carbocycles. The second-order valence-corrected chi connectivity index (χ2v) is 3.44. The van der Waals surface area contributed by atoms with Gasteiger partial charge in [0.05, 0.1) is 6.61 Å². The van der Waals surface area contributed by atoms with Gasteiger partial charge in [0.15, 0.2) is 5.69 Å². The van der Waals surface area contributed by atoms with Crippen molar-refractivity contribution in [2.75, 3.05) is 26.8 Å². The molecule has 0 saturated carbocycles. The topological polar surface area (TPSA) is 92.9 Å². The van der Waals surface area contributed by atoms with Crippen LogP contribution in [0.15, 0.2) is 10.6 Å². The van der Waals surface area contributed by atoms with Gasteiger partial charge in [0.1, 0.15) is 12.3 Å². The maximum atomic E-state index is 11.9. The van der Waals surface area contributed by atoms with E-state index in [1.54, 1.807) is 6.92 Å². The molecule has 1 N–H and O–H groups in total. The Morgan fingerprint density at radius 2 is 2.29 bits per heavy atom. The highest BCUT2D eigenvalue weighted by atomic mass is 16.5. The van der Waals surface area contributed by atoms with Crippen molar-refractivity contribution in [3.05, 3.63) is 17.5 Å². The fraction of sp³-hybridized carbons (Fsp3) is 0.500. The zero-order valence-corrected chi connectivity index (χ0v) is 9.67. The molecule has 7 heteroatoms. The number of hydrogen-bond acceptors (Lipinski definition) is 5. The van der Waals surface area contributed by atoms with Crippen LogP contribution in [0.3, 0.4) is 0 Å². The smallest absolute Gasteiger partial charge is 0.323 e. The van der Waals surface area contributed by atoms with Gasteiger partial charge in [0.2, 0.25) is 0 Å². The summed E-state index contributed by atoms with van der Waals surface area (Å²) >= 11 is 0. The van der Waals surface area contributed by atoms with E-state index < -0.39 is 18.4 Å². The van der Waals surface area contributed by atoms with Crippen molar-refractivity contribution >= 4 is 11.9 Å². The number of aromatic nitrogens is 1. The third kappa shape index (κ3) is 3.87. The molecule has 0 aliphatic carbocycles. The summed E-state index contributed by atoms with van der Waals surface area (Å²) in [7, 11) is 1.48. The van der Waals surface area contributed by atoms with E-state index in [1.165, 1.54) is 13.2 Å². The lowest BCUT2D eigenvalue weighted by Gasteiger charge is -2.18. The first kappa shape index (κ1) is 13.2. The van der Waals surface area contributed by atoms with Gasteiger partial charge < -0.3 is 19.3 Å². The Hall–Kier alpha value is -1.89. The maximum absolute atomic E-state index is 11.9. The summed E-state index contributed by atoms with van der Waals surface area (Å²) in [5.74, 6) is -1.08. The third-order valence-corrected chi connectivity index (χ3v) is 2.03. The first-order valence-corrected chi connectivity index (χ1v) is 4.98. The molecule has 0 bridgehead atoms. The molecule has 0 aliphatic rings. The molecule has 0 aliphatic heterocycles. The molecule has 1 rings (SSSR count). The summed E-state index contributed by atoms with van der Waals surface area (Å²) < 4.78 is 9.58. The molecule has 0 radical (unpaired) electrons. The highest BCUT2D eigenvalue weighted by Gasteiger charge is 2.21. The van der Waals surface area contributed by atoms with Crippen molar-refractivity contribution in [1.82, 2.24) is 10.1 Å².